The van der Waals surface area contributed by atoms with Gasteiger partial charge in [-0.3, -0.25) is 9.69 Å². The Hall–Kier alpha value is -0.670. The minimum Gasteiger partial charge on any atom is -0.389 e. The Bertz CT molecular complexity index is 219. The summed E-state index contributed by atoms with van der Waals surface area (Å²) in [5, 5.41) is 9.21. The molecule has 0 spiro atoms. The summed E-state index contributed by atoms with van der Waals surface area (Å²) in [6.07, 6.45) is 1.41. The number of hydrogen-bond acceptors (Lipinski definition) is 3. The van der Waals surface area contributed by atoms with Crippen LogP contribution < -0.4 is 0 Å². The van der Waals surface area contributed by atoms with Crippen molar-refractivity contribution in [2.24, 2.45) is 0 Å². The van der Waals surface area contributed by atoms with E-state index in [2.05, 4.69) is 18.7 Å². The lowest BCUT2D eigenvalue weighted by Crippen LogP contribution is -2.26. The van der Waals surface area contributed by atoms with Crippen LogP contribution in [-0.4, -0.2) is 41.5 Å². The third kappa shape index (κ3) is 2.64. The highest BCUT2D eigenvalue weighted by Gasteiger charge is 2.22. The minimum absolute atomic E-state index is 0.0967. The summed E-state index contributed by atoms with van der Waals surface area (Å²) < 4.78 is 0. The molecule has 1 rings (SSSR count). The summed E-state index contributed by atoms with van der Waals surface area (Å²) in [6.45, 7) is 6.71. The molecule has 0 aromatic heterocycles. The standard InChI is InChI=1S/C10H17NO2/c1-3-11(4-2)7-8-5-9(12)6-10(8)13/h5,9,12H,3-4,6-7H2,1-2H3/t9-/m0/s1. The van der Waals surface area contributed by atoms with E-state index in [1.807, 2.05) is 0 Å². The molecule has 0 unspecified atom stereocenters. The average molecular weight is 183 g/mol. The number of nitrogens with zero attached hydrogens (tertiary/aromatic N) is 1. The van der Waals surface area contributed by atoms with E-state index in [0.717, 1.165) is 18.7 Å². The van der Waals surface area contributed by atoms with Crippen LogP contribution in [0.4, 0.5) is 0 Å². The van der Waals surface area contributed by atoms with Crippen LogP contribution in [0.3, 0.4) is 0 Å². The molecule has 0 amide bonds. The Kier molecular flexibility index (Phi) is 3.63. The zero-order valence-corrected chi connectivity index (χ0v) is 8.29. The summed E-state index contributed by atoms with van der Waals surface area (Å²) in [5.74, 6) is 0.0967. The molecule has 0 saturated heterocycles. The van der Waals surface area contributed by atoms with Gasteiger partial charge in [0.2, 0.25) is 0 Å². The molecule has 1 N–H and O–H groups in total. The Morgan fingerprint density at radius 1 is 1.54 bits per heavy atom. The molecule has 13 heavy (non-hydrogen) atoms. The van der Waals surface area contributed by atoms with E-state index in [1.165, 1.54) is 0 Å². The van der Waals surface area contributed by atoms with Gasteiger partial charge in [-0.2, -0.15) is 0 Å². The van der Waals surface area contributed by atoms with Crippen molar-refractivity contribution < 1.29 is 9.90 Å². The maximum atomic E-state index is 11.3. The van der Waals surface area contributed by atoms with Crippen LogP contribution in [0.5, 0.6) is 0 Å². The maximum absolute atomic E-state index is 11.3. The predicted octanol–water partition coefficient (Wildman–Crippen LogP) is 0.588. The Morgan fingerprint density at radius 3 is 2.54 bits per heavy atom. The highest BCUT2D eigenvalue weighted by Crippen LogP contribution is 2.15. The van der Waals surface area contributed by atoms with Crippen LogP contribution in [0, 0.1) is 0 Å². The van der Waals surface area contributed by atoms with Crippen molar-refractivity contribution in [1.82, 2.24) is 4.90 Å². The molecule has 3 heteroatoms. The minimum atomic E-state index is -0.543. The van der Waals surface area contributed by atoms with Crippen molar-refractivity contribution in [3.8, 4) is 0 Å². The second-order valence-electron chi connectivity index (χ2n) is 3.35. The SMILES string of the molecule is CCN(CC)CC1=C[C@H](O)CC1=O. The van der Waals surface area contributed by atoms with Gasteiger partial charge in [0.15, 0.2) is 5.78 Å². The van der Waals surface area contributed by atoms with E-state index >= 15 is 0 Å². The van der Waals surface area contributed by atoms with E-state index in [1.54, 1.807) is 6.08 Å². The second kappa shape index (κ2) is 4.53. The van der Waals surface area contributed by atoms with Gasteiger partial charge in [0.1, 0.15) is 0 Å². The average Bonchev–Trinajstić information content (AvgIpc) is 2.41. The van der Waals surface area contributed by atoms with Gasteiger partial charge >= 0.3 is 0 Å². The number of carbonyl (C=O) groups excluding carboxylic acids is 1. The monoisotopic (exact) mass is 183 g/mol. The molecule has 1 atom stereocenters. The fourth-order valence-electron chi connectivity index (χ4n) is 1.53. The summed E-state index contributed by atoms with van der Waals surface area (Å²) in [6, 6.07) is 0. The van der Waals surface area contributed by atoms with E-state index in [4.69, 9.17) is 0 Å². The van der Waals surface area contributed by atoms with Gasteiger partial charge in [0.25, 0.3) is 0 Å². The normalized spacial score (nSPS) is 22.6. The van der Waals surface area contributed by atoms with Crippen LogP contribution >= 0.6 is 0 Å². The lowest BCUT2D eigenvalue weighted by molar-refractivity contribution is -0.116. The van der Waals surface area contributed by atoms with Gasteiger partial charge in [-0.25, -0.2) is 0 Å². The van der Waals surface area contributed by atoms with Gasteiger partial charge in [-0.15, -0.1) is 0 Å². The molecule has 74 valence electrons. The number of likely N-dealkylation sites (N-methyl/N-ethyl adjacent to an activating group) is 1. The first-order valence-corrected chi connectivity index (χ1v) is 4.81. The van der Waals surface area contributed by atoms with Crippen molar-refractivity contribution >= 4 is 5.78 Å². The largest absolute Gasteiger partial charge is 0.389 e. The molecule has 0 heterocycles. The zero-order valence-electron chi connectivity index (χ0n) is 8.29. The fourth-order valence-corrected chi connectivity index (χ4v) is 1.53. The van der Waals surface area contributed by atoms with Crippen molar-refractivity contribution in [2.75, 3.05) is 19.6 Å². The Balaban J connectivity index is 2.53. The lowest BCUT2D eigenvalue weighted by atomic mass is 10.2. The molecule has 1 aliphatic carbocycles. The van der Waals surface area contributed by atoms with Crippen LogP contribution in [0.25, 0.3) is 0 Å². The topological polar surface area (TPSA) is 40.5 Å². The zero-order chi connectivity index (χ0) is 9.84. The first-order chi connectivity index (χ1) is 6.17. The number of rotatable bonds is 4. The van der Waals surface area contributed by atoms with Gasteiger partial charge in [0, 0.05) is 18.5 Å². The van der Waals surface area contributed by atoms with Crippen molar-refractivity contribution in [3.63, 3.8) is 0 Å². The van der Waals surface area contributed by atoms with Crippen LogP contribution in [-0.2, 0) is 4.79 Å². The number of aliphatic hydroxyl groups is 1. The molecule has 1 aliphatic rings. The third-order valence-corrected chi connectivity index (χ3v) is 2.43. The number of carbonyl (C=O) groups is 1. The number of ketones is 1. The molecule has 0 aromatic carbocycles. The molecule has 0 saturated carbocycles. The number of hydrogen-bond donors (Lipinski definition) is 1. The first-order valence-electron chi connectivity index (χ1n) is 4.81. The highest BCUT2D eigenvalue weighted by molar-refractivity contribution is 5.98. The number of Topliss-reactive ketones (excluding diaryl/α,β-unsaturated/α-hetero) is 1. The molecule has 3 nitrogen and oxygen atoms in total. The number of aliphatic hydroxyl groups excluding tert-OH is 1. The fraction of sp³-hybridized carbons (Fsp3) is 0.700. The van der Waals surface area contributed by atoms with Crippen LogP contribution in [0.2, 0.25) is 0 Å². The van der Waals surface area contributed by atoms with Gasteiger partial charge < -0.3 is 5.11 Å². The molecule has 0 aliphatic heterocycles. The third-order valence-electron chi connectivity index (χ3n) is 2.43. The van der Waals surface area contributed by atoms with Gasteiger partial charge in [0.05, 0.1) is 6.10 Å². The van der Waals surface area contributed by atoms with Crippen molar-refractivity contribution in [3.05, 3.63) is 11.6 Å². The lowest BCUT2D eigenvalue weighted by Gasteiger charge is -2.17. The van der Waals surface area contributed by atoms with Crippen molar-refractivity contribution in [1.29, 1.82) is 0 Å². The summed E-state index contributed by atoms with van der Waals surface area (Å²) >= 11 is 0. The van der Waals surface area contributed by atoms with Crippen LogP contribution in [0.1, 0.15) is 20.3 Å². The van der Waals surface area contributed by atoms with Gasteiger partial charge in [-0.1, -0.05) is 13.8 Å². The molecule has 0 aromatic rings. The van der Waals surface area contributed by atoms with E-state index in [-0.39, 0.29) is 12.2 Å². The Labute approximate surface area is 79.0 Å². The smallest absolute Gasteiger partial charge is 0.162 e. The van der Waals surface area contributed by atoms with Crippen molar-refractivity contribution in [2.45, 2.75) is 26.4 Å². The summed E-state index contributed by atoms with van der Waals surface area (Å²) in [5.41, 5.74) is 0.774. The summed E-state index contributed by atoms with van der Waals surface area (Å²) in [7, 11) is 0. The molecular formula is C10H17NO2. The maximum Gasteiger partial charge on any atom is 0.162 e. The highest BCUT2D eigenvalue weighted by atomic mass is 16.3. The first kappa shape index (κ1) is 10.4. The Morgan fingerprint density at radius 2 is 2.15 bits per heavy atom. The van der Waals surface area contributed by atoms with E-state index in [0.29, 0.717) is 6.54 Å². The van der Waals surface area contributed by atoms with E-state index < -0.39 is 6.10 Å². The van der Waals surface area contributed by atoms with Crippen LogP contribution in [0.15, 0.2) is 11.6 Å². The molecule has 0 bridgehead atoms. The predicted molar refractivity (Wildman–Crippen MR) is 51.5 cm³/mol. The van der Waals surface area contributed by atoms with Gasteiger partial charge in [-0.05, 0) is 19.2 Å². The molecule has 0 fully saturated rings. The second-order valence-corrected chi connectivity index (χ2v) is 3.35. The molecule has 0 radical (unpaired) electrons. The summed E-state index contributed by atoms with van der Waals surface area (Å²) in [4.78, 5) is 13.5. The molecular weight excluding hydrogens is 166 g/mol. The quantitative estimate of drug-likeness (QED) is 0.693. The van der Waals surface area contributed by atoms with E-state index in [9.17, 15) is 9.90 Å².